The van der Waals surface area contributed by atoms with Crippen LogP contribution in [0, 0.1) is 0 Å². The molecular formula is C12H20N2O4. The quantitative estimate of drug-likeness (QED) is 0.699. The molecule has 0 radical (unpaired) electrons. The lowest BCUT2D eigenvalue weighted by Gasteiger charge is -2.27. The minimum absolute atomic E-state index is 0.0138. The van der Waals surface area contributed by atoms with Crippen LogP contribution in [0.1, 0.15) is 39.0 Å². The Hall–Kier alpha value is -1.30. The van der Waals surface area contributed by atoms with E-state index in [1.807, 2.05) is 6.92 Å². The van der Waals surface area contributed by atoms with Crippen molar-refractivity contribution in [3.8, 4) is 0 Å². The van der Waals surface area contributed by atoms with Gasteiger partial charge in [0.05, 0.1) is 12.1 Å². The molecule has 2 fully saturated rings. The first-order valence-electron chi connectivity index (χ1n) is 6.47. The molecule has 2 rings (SSSR count). The van der Waals surface area contributed by atoms with E-state index < -0.39 is 17.5 Å². The maximum atomic E-state index is 11.9. The number of carbonyl (C=O) groups excluding carboxylic acids is 1. The van der Waals surface area contributed by atoms with Gasteiger partial charge in [-0.3, -0.25) is 0 Å². The fraction of sp³-hybridized carbons (Fsp3) is 0.833. The number of amides is 2. The summed E-state index contributed by atoms with van der Waals surface area (Å²) in [4.78, 5) is 23.2. The van der Waals surface area contributed by atoms with Gasteiger partial charge in [-0.05, 0) is 26.2 Å². The second-order valence-corrected chi connectivity index (χ2v) is 5.16. The van der Waals surface area contributed by atoms with Crippen molar-refractivity contribution in [3.63, 3.8) is 0 Å². The molecule has 1 heterocycles. The zero-order valence-corrected chi connectivity index (χ0v) is 10.6. The normalized spacial score (nSPS) is 30.1. The number of carboxylic acid groups (broad SMARTS) is 1. The number of aliphatic carboxylic acids is 1. The van der Waals surface area contributed by atoms with Gasteiger partial charge in [0.1, 0.15) is 5.54 Å². The maximum Gasteiger partial charge on any atom is 0.329 e. The molecule has 1 aliphatic carbocycles. The summed E-state index contributed by atoms with van der Waals surface area (Å²) < 4.78 is 5.35. The van der Waals surface area contributed by atoms with Crippen LogP contribution in [0.2, 0.25) is 0 Å². The van der Waals surface area contributed by atoms with E-state index in [0.717, 1.165) is 19.3 Å². The van der Waals surface area contributed by atoms with Gasteiger partial charge in [-0.2, -0.15) is 0 Å². The number of urea groups is 1. The Balaban J connectivity index is 1.91. The van der Waals surface area contributed by atoms with Gasteiger partial charge in [-0.25, -0.2) is 9.59 Å². The van der Waals surface area contributed by atoms with E-state index in [9.17, 15) is 14.7 Å². The number of hydrogen-bond acceptors (Lipinski definition) is 3. The van der Waals surface area contributed by atoms with Gasteiger partial charge in [0.25, 0.3) is 0 Å². The van der Waals surface area contributed by atoms with Crippen LogP contribution in [-0.2, 0) is 9.53 Å². The highest BCUT2D eigenvalue weighted by molar-refractivity contribution is 5.86. The summed E-state index contributed by atoms with van der Waals surface area (Å²) in [6.07, 6.45) is 3.46. The Morgan fingerprint density at radius 2 is 2.00 bits per heavy atom. The molecule has 2 amide bonds. The first kappa shape index (κ1) is 13.1. The fourth-order valence-electron chi connectivity index (χ4n) is 2.71. The van der Waals surface area contributed by atoms with Crippen molar-refractivity contribution >= 4 is 12.0 Å². The molecule has 102 valence electrons. The first-order chi connectivity index (χ1) is 8.53. The standard InChI is InChI=1S/C12H20N2O4/c1-8-9(4-7-18-8)13-11(17)14-12(10(15)16)5-2-3-6-12/h8-9H,2-7H2,1H3,(H,15,16)(H2,13,14,17). The molecule has 6 heteroatoms. The molecule has 2 aliphatic rings. The van der Waals surface area contributed by atoms with Gasteiger partial charge in [0.2, 0.25) is 0 Å². The highest BCUT2D eigenvalue weighted by Gasteiger charge is 2.43. The summed E-state index contributed by atoms with van der Waals surface area (Å²) in [7, 11) is 0. The molecule has 18 heavy (non-hydrogen) atoms. The van der Waals surface area contributed by atoms with Crippen molar-refractivity contribution < 1.29 is 19.4 Å². The van der Waals surface area contributed by atoms with Crippen molar-refractivity contribution in [1.29, 1.82) is 0 Å². The molecular weight excluding hydrogens is 236 g/mol. The summed E-state index contributed by atoms with van der Waals surface area (Å²) in [5.41, 5.74) is -1.08. The third-order valence-corrected chi connectivity index (χ3v) is 3.91. The molecule has 0 spiro atoms. The van der Waals surface area contributed by atoms with E-state index >= 15 is 0 Å². The van der Waals surface area contributed by atoms with E-state index in [1.165, 1.54) is 0 Å². The average molecular weight is 256 g/mol. The second-order valence-electron chi connectivity index (χ2n) is 5.16. The number of nitrogens with one attached hydrogen (secondary N) is 2. The molecule has 1 saturated heterocycles. The van der Waals surface area contributed by atoms with Gasteiger partial charge in [0, 0.05) is 6.61 Å². The topological polar surface area (TPSA) is 87.7 Å². The van der Waals surface area contributed by atoms with Crippen LogP contribution in [0.25, 0.3) is 0 Å². The Morgan fingerprint density at radius 3 is 2.50 bits per heavy atom. The molecule has 1 saturated carbocycles. The predicted octanol–water partition coefficient (Wildman–Crippen LogP) is 0.860. The summed E-state index contributed by atoms with van der Waals surface area (Å²) in [5.74, 6) is -0.939. The number of hydrogen-bond donors (Lipinski definition) is 3. The van der Waals surface area contributed by atoms with Crippen molar-refractivity contribution in [2.24, 2.45) is 0 Å². The Morgan fingerprint density at radius 1 is 1.33 bits per heavy atom. The summed E-state index contributed by atoms with van der Waals surface area (Å²) in [6.45, 7) is 2.54. The van der Waals surface area contributed by atoms with Gasteiger partial charge < -0.3 is 20.5 Å². The zero-order chi connectivity index (χ0) is 13.2. The van der Waals surface area contributed by atoms with Crippen LogP contribution in [0.5, 0.6) is 0 Å². The van der Waals surface area contributed by atoms with E-state index in [0.29, 0.717) is 19.4 Å². The van der Waals surface area contributed by atoms with Crippen LogP contribution in [-0.4, -0.2) is 41.4 Å². The Labute approximate surface area is 106 Å². The van der Waals surface area contributed by atoms with Gasteiger partial charge in [-0.1, -0.05) is 12.8 Å². The van der Waals surface area contributed by atoms with Gasteiger partial charge in [0.15, 0.2) is 0 Å². The van der Waals surface area contributed by atoms with Crippen molar-refractivity contribution in [2.45, 2.75) is 56.7 Å². The van der Waals surface area contributed by atoms with Crippen LogP contribution in [0.3, 0.4) is 0 Å². The zero-order valence-electron chi connectivity index (χ0n) is 10.6. The maximum absolute atomic E-state index is 11.9. The summed E-state index contributed by atoms with van der Waals surface area (Å²) in [6, 6.07) is -0.432. The highest BCUT2D eigenvalue weighted by atomic mass is 16.5. The lowest BCUT2D eigenvalue weighted by Crippen LogP contribution is -2.57. The summed E-state index contributed by atoms with van der Waals surface area (Å²) in [5, 5.41) is 14.7. The fourth-order valence-corrected chi connectivity index (χ4v) is 2.71. The third kappa shape index (κ3) is 2.58. The van der Waals surface area contributed by atoms with Crippen LogP contribution in [0.4, 0.5) is 4.79 Å². The first-order valence-corrected chi connectivity index (χ1v) is 6.47. The minimum atomic E-state index is -1.08. The molecule has 2 atom stereocenters. The minimum Gasteiger partial charge on any atom is -0.480 e. The lowest BCUT2D eigenvalue weighted by atomic mass is 9.98. The van der Waals surface area contributed by atoms with E-state index in [2.05, 4.69) is 10.6 Å². The van der Waals surface area contributed by atoms with Crippen molar-refractivity contribution in [2.75, 3.05) is 6.61 Å². The smallest absolute Gasteiger partial charge is 0.329 e. The molecule has 0 aromatic rings. The predicted molar refractivity (Wildman–Crippen MR) is 64.3 cm³/mol. The van der Waals surface area contributed by atoms with Crippen molar-refractivity contribution in [3.05, 3.63) is 0 Å². The number of ether oxygens (including phenoxy) is 1. The Bertz CT molecular complexity index is 339. The van der Waals surface area contributed by atoms with E-state index in [1.54, 1.807) is 0 Å². The SMILES string of the molecule is CC1OCCC1NC(=O)NC1(C(=O)O)CCCC1. The molecule has 0 bridgehead atoms. The Kier molecular flexibility index (Phi) is 3.75. The number of carboxylic acids is 1. The molecule has 0 aromatic carbocycles. The number of carbonyl (C=O) groups is 2. The molecule has 2 unspecified atom stereocenters. The van der Waals surface area contributed by atoms with Gasteiger partial charge >= 0.3 is 12.0 Å². The third-order valence-electron chi connectivity index (χ3n) is 3.91. The lowest BCUT2D eigenvalue weighted by molar-refractivity contribution is -0.144. The van der Waals surface area contributed by atoms with Crippen LogP contribution >= 0.6 is 0 Å². The van der Waals surface area contributed by atoms with Crippen LogP contribution < -0.4 is 10.6 Å². The largest absolute Gasteiger partial charge is 0.480 e. The average Bonchev–Trinajstić information content (AvgIpc) is 2.90. The number of rotatable bonds is 3. The van der Waals surface area contributed by atoms with Crippen LogP contribution in [0.15, 0.2) is 0 Å². The molecule has 1 aliphatic heterocycles. The molecule has 3 N–H and O–H groups in total. The monoisotopic (exact) mass is 256 g/mol. The van der Waals surface area contributed by atoms with E-state index in [-0.39, 0.29) is 12.1 Å². The molecule has 0 aromatic heterocycles. The van der Waals surface area contributed by atoms with E-state index in [4.69, 9.17) is 4.74 Å². The summed E-state index contributed by atoms with van der Waals surface area (Å²) >= 11 is 0. The van der Waals surface area contributed by atoms with Gasteiger partial charge in [-0.15, -0.1) is 0 Å². The highest BCUT2D eigenvalue weighted by Crippen LogP contribution is 2.29. The molecule has 6 nitrogen and oxygen atoms in total. The second kappa shape index (κ2) is 5.14. The van der Waals surface area contributed by atoms with Crippen molar-refractivity contribution in [1.82, 2.24) is 10.6 Å².